The zero-order valence-corrected chi connectivity index (χ0v) is 8.22. The molecule has 0 saturated heterocycles. The summed E-state index contributed by atoms with van der Waals surface area (Å²) in [6, 6.07) is 8.34. The lowest BCUT2D eigenvalue weighted by Gasteiger charge is -2.01. The molecule has 1 rings (SSSR count). The van der Waals surface area contributed by atoms with Crippen molar-refractivity contribution in [3.8, 4) is 11.8 Å². The molecule has 0 heterocycles. The normalized spacial score (nSPS) is 9.08. The minimum Gasteiger partial charge on any atom is -0.313 e. The maximum absolute atomic E-state index is 3.28. The van der Waals surface area contributed by atoms with E-state index < -0.39 is 0 Å². The van der Waals surface area contributed by atoms with Crippen LogP contribution in [-0.4, -0.2) is 6.54 Å². The molecule has 1 heteroatoms. The first-order chi connectivity index (χ1) is 6.36. The first-order valence-electron chi connectivity index (χ1n) is 4.59. The van der Waals surface area contributed by atoms with Crippen LogP contribution in [0.2, 0.25) is 0 Å². The largest absolute Gasteiger partial charge is 0.313 e. The van der Waals surface area contributed by atoms with Crippen molar-refractivity contribution in [2.75, 3.05) is 6.54 Å². The molecule has 0 aromatic heterocycles. The topological polar surface area (TPSA) is 12.0 Å². The van der Waals surface area contributed by atoms with Crippen LogP contribution in [0.4, 0.5) is 0 Å². The number of hydrogen-bond acceptors (Lipinski definition) is 1. The summed E-state index contributed by atoms with van der Waals surface area (Å²) in [7, 11) is 0. The van der Waals surface area contributed by atoms with Gasteiger partial charge in [-0.25, -0.2) is 0 Å². The molecule has 1 N–H and O–H groups in total. The van der Waals surface area contributed by atoms with Crippen molar-refractivity contribution < 1.29 is 0 Å². The van der Waals surface area contributed by atoms with Gasteiger partial charge in [0.25, 0.3) is 0 Å². The average Bonchev–Trinajstić information content (AvgIpc) is 2.17. The third kappa shape index (κ3) is 3.31. The van der Waals surface area contributed by atoms with Crippen molar-refractivity contribution in [2.45, 2.75) is 20.4 Å². The summed E-state index contributed by atoms with van der Waals surface area (Å²) in [4.78, 5) is 0. The molecule has 1 nitrogen and oxygen atoms in total. The van der Waals surface area contributed by atoms with E-state index in [-0.39, 0.29) is 0 Å². The fraction of sp³-hybridized carbons (Fsp3) is 0.333. The molecule has 0 unspecified atom stereocenters. The Kier molecular flexibility index (Phi) is 4.08. The first kappa shape index (κ1) is 9.83. The molecule has 1 aromatic rings. The Morgan fingerprint density at radius 2 is 1.92 bits per heavy atom. The fourth-order valence-corrected chi connectivity index (χ4v) is 1.12. The third-order valence-electron chi connectivity index (χ3n) is 1.80. The molecule has 1 aromatic carbocycles. The molecule has 0 bridgehead atoms. The summed E-state index contributed by atoms with van der Waals surface area (Å²) in [5.74, 6) is 5.90. The van der Waals surface area contributed by atoms with Crippen molar-refractivity contribution >= 4 is 0 Å². The average molecular weight is 173 g/mol. The summed E-state index contributed by atoms with van der Waals surface area (Å²) in [6.45, 7) is 5.91. The third-order valence-corrected chi connectivity index (χ3v) is 1.80. The van der Waals surface area contributed by atoms with Gasteiger partial charge < -0.3 is 5.32 Å². The van der Waals surface area contributed by atoms with Crippen LogP contribution < -0.4 is 5.32 Å². The van der Waals surface area contributed by atoms with Gasteiger partial charge in [-0.3, -0.25) is 0 Å². The molecule has 68 valence electrons. The van der Waals surface area contributed by atoms with Crippen LogP contribution >= 0.6 is 0 Å². The van der Waals surface area contributed by atoms with Crippen LogP contribution in [0.3, 0.4) is 0 Å². The van der Waals surface area contributed by atoms with Crippen molar-refractivity contribution in [3.63, 3.8) is 0 Å². The van der Waals surface area contributed by atoms with Crippen LogP contribution in [0.25, 0.3) is 0 Å². The van der Waals surface area contributed by atoms with Gasteiger partial charge in [0.15, 0.2) is 0 Å². The molecule has 0 spiro atoms. The van der Waals surface area contributed by atoms with Crippen LogP contribution in [-0.2, 0) is 6.54 Å². The highest BCUT2D eigenvalue weighted by Crippen LogP contribution is 2.02. The number of rotatable bonds is 3. The Labute approximate surface area is 80.2 Å². The highest BCUT2D eigenvalue weighted by Gasteiger charge is 1.90. The van der Waals surface area contributed by atoms with Gasteiger partial charge in [-0.05, 0) is 31.2 Å². The quantitative estimate of drug-likeness (QED) is 0.691. The molecule has 0 amide bonds. The van der Waals surface area contributed by atoms with Gasteiger partial charge in [-0.2, -0.15) is 0 Å². The van der Waals surface area contributed by atoms with E-state index >= 15 is 0 Å². The van der Waals surface area contributed by atoms with Crippen molar-refractivity contribution in [3.05, 3.63) is 35.4 Å². The van der Waals surface area contributed by atoms with Crippen molar-refractivity contribution in [1.82, 2.24) is 5.32 Å². The van der Waals surface area contributed by atoms with Crippen LogP contribution in [0, 0.1) is 11.8 Å². The summed E-state index contributed by atoms with van der Waals surface area (Å²) in [6.07, 6.45) is 0. The van der Waals surface area contributed by atoms with E-state index in [9.17, 15) is 0 Å². The zero-order chi connectivity index (χ0) is 9.52. The standard InChI is InChI=1S/C12H15N/c1-3-5-11-6-8-12(9-7-11)10-13-4-2/h6-9,13H,4,10H2,1-2H3. The van der Waals surface area contributed by atoms with E-state index in [0.717, 1.165) is 18.7 Å². The highest BCUT2D eigenvalue weighted by molar-refractivity contribution is 5.35. The number of hydrogen-bond donors (Lipinski definition) is 1. The van der Waals surface area contributed by atoms with E-state index in [1.54, 1.807) is 0 Å². The van der Waals surface area contributed by atoms with Crippen molar-refractivity contribution in [1.29, 1.82) is 0 Å². The molecular formula is C12H15N. The SMILES string of the molecule is CC#Cc1ccc(CNCC)cc1. The lowest BCUT2D eigenvalue weighted by atomic mass is 10.1. The minimum absolute atomic E-state index is 0.941. The Hall–Kier alpha value is -1.26. The zero-order valence-electron chi connectivity index (χ0n) is 8.22. The Bertz CT molecular complexity index is 300. The maximum Gasteiger partial charge on any atom is 0.0245 e. The monoisotopic (exact) mass is 173 g/mol. The molecule has 0 fully saturated rings. The lowest BCUT2D eigenvalue weighted by Crippen LogP contribution is -2.11. The molecule has 0 radical (unpaired) electrons. The molecule has 0 saturated carbocycles. The molecule has 0 aliphatic rings. The summed E-state index contributed by atoms with van der Waals surface area (Å²) in [5.41, 5.74) is 2.39. The molecule has 0 aliphatic carbocycles. The second-order valence-corrected chi connectivity index (χ2v) is 2.85. The fourth-order valence-electron chi connectivity index (χ4n) is 1.12. The van der Waals surface area contributed by atoms with E-state index in [2.05, 4.69) is 48.3 Å². The minimum atomic E-state index is 0.941. The van der Waals surface area contributed by atoms with Gasteiger partial charge in [0.1, 0.15) is 0 Å². The lowest BCUT2D eigenvalue weighted by molar-refractivity contribution is 0.727. The van der Waals surface area contributed by atoms with Crippen molar-refractivity contribution in [2.24, 2.45) is 0 Å². The predicted octanol–water partition coefficient (Wildman–Crippen LogP) is 2.17. The summed E-state index contributed by atoms with van der Waals surface area (Å²) >= 11 is 0. The van der Waals surface area contributed by atoms with E-state index in [4.69, 9.17) is 0 Å². The molecule has 0 atom stereocenters. The Morgan fingerprint density at radius 1 is 1.23 bits per heavy atom. The van der Waals surface area contributed by atoms with E-state index in [0.29, 0.717) is 0 Å². The maximum atomic E-state index is 3.28. The molecular weight excluding hydrogens is 158 g/mol. The van der Waals surface area contributed by atoms with Gasteiger partial charge in [0, 0.05) is 12.1 Å². The number of nitrogens with one attached hydrogen (secondary N) is 1. The molecule has 13 heavy (non-hydrogen) atoms. The van der Waals surface area contributed by atoms with Gasteiger partial charge in [-0.15, -0.1) is 5.92 Å². The van der Waals surface area contributed by atoms with Crippen LogP contribution in [0.15, 0.2) is 24.3 Å². The van der Waals surface area contributed by atoms with Gasteiger partial charge in [0.05, 0.1) is 0 Å². The van der Waals surface area contributed by atoms with E-state index in [1.807, 2.05) is 6.92 Å². The first-order valence-corrected chi connectivity index (χ1v) is 4.59. The van der Waals surface area contributed by atoms with Gasteiger partial charge in [0.2, 0.25) is 0 Å². The van der Waals surface area contributed by atoms with Gasteiger partial charge in [-0.1, -0.05) is 25.0 Å². The summed E-state index contributed by atoms with van der Waals surface area (Å²) in [5, 5.41) is 3.28. The van der Waals surface area contributed by atoms with E-state index in [1.165, 1.54) is 5.56 Å². The van der Waals surface area contributed by atoms with Crippen LogP contribution in [0.1, 0.15) is 25.0 Å². The second kappa shape index (κ2) is 5.40. The highest BCUT2D eigenvalue weighted by atomic mass is 14.8. The van der Waals surface area contributed by atoms with Crippen LogP contribution in [0.5, 0.6) is 0 Å². The Morgan fingerprint density at radius 3 is 2.46 bits per heavy atom. The molecule has 0 aliphatic heterocycles. The van der Waals surface area contributed by atoms with Gasteiger partial charge >= 0.3 is 0 Å². The smallest absolute Gasteiger partial charge is 0.0245 e. The predicted molar refractivity (Wildman–Crippen MR) is 56.4 cm³/mol. The summed E-state index contributed by atoms with van der Waals surface area (Å²) < 4.78 is 0. The number of benzene rings is 1. The second-order valence-electron chi connectivity index (χ2n) is 2.85. The Balaban J connectivity index is 2.62.